The van der Waals surface area contributed by atoms with Gasteiger partial charge in [0.25, 0.3) is 0 Å². The summed E-state index contributed by atoms with van der Waals surface area (Å²) in [6.45, 7) is 0. The highest BCUT2D eigenvalue weighted by molar-refractivity contribution is 9.10. The van der Waals surface area contributed by atoms with Crippen LogP contribution in [0.3, 0.4) is 0 Å². The van der Waals surface area contributed by atoms with E-state index in [-0.39, 0.29) is 0 Å². The molecule has 1 saturated carbocycles. The molecule has 0 aliphatic heterocycles. The lowest BCUT2D eigenvalue weighted by atomic mass is 10.3. The number of hydrogen-bond acceptors (Lipinski definition) is 3. The predicted molar refractivity (Wildman–Crippen MR) is 68.3 cm³/mol. The molecule has 2 atom stereocenters. The predicted octanol–water partition coefficient (Wildman–Crippen LogP) is 3.08. The number of nitrogens with one attached hydrogen (secondary N) is 1. The van der Waals surface area contributed by atoms with Gasteiger partial charge in [-0.25, -0.2) is 4.98 Å². The first kappa shape index (κ1) is 11.4. The molecule has 1 N–H and O–H groups in total. The van der Waals surface area contributed by atoms with Crippen LogP contribution in [-0.2, 0) is 0 Å². The highest BCUT2D eigenvalue weighted by atomic mass is 79.9. The number of halogens is 1. The quantitative estimate of drug-likeness (QED) is 0.924. The van der Waals surface area contributed by atoms with Crippen molar-refractivity contribution in [2.75, 3.05) is 7.05 Å². The Bertz CT molecular complexity index is 315. The Morgan fingerprint density at radius 2 is 2.33 bits per heavy atom. The van der Waals surface area contributed by atoms with Gasteiger partial charge in [0, 0.05) is 22.0 Å². The molecule has 0 aromatic carbocycles. The fourth-order valence-electron chi connectivity index (χ4n) is 1.91. The van der Waals surface area contributed by atoms with Crippen LogP contribution in [0.4, 0.5) is 0 Å². The average molecular weight is 287 g/mol. The van der Waals surface area contributed by atoms with E-state index in [0.717, 1.165) is 14.7 Å². The molecule has 4 heteroatoms. The number of aromatic nitrogens is 1. The first-order chi connectivity index (χ1) is 7.28. The summed E-state index contributed by atoms with van der Waals surface area (Å²) >= 11 is 5.30. The smallest absolute Gasteiger partial charge is 0.0963 e. The zero-order valence-corrected chi connectivity index (χ0v) is 11.1. The fourth-order valence-corrected chi connectivity index (χ4v) is 3.33. The van der Waals surface area contributed by atoms with Crippen LogP contribution < -0.4 is 5.32 Å². The number of nitrogens with zero attached hydrogens (tertiary/aromatic N) is 1. The van der Waals surface area contributed by atoms with E-state index >= 15 is 0 Å². The summed E-state index contributed by atoms with van der Waals surface area (Å²) in [5.74, 6) is 0. The maximum Gasteiger partial charge on any atom is 0.0963 e. The summed E-state index contributed by atoms with van der Waals surface area (Å²) < 4.78 is 1.05. The van der Waals surface area contributed by atoms with Gasteiger partial charge in [-0.15, -0.1) is 11.8 Å². The van der Waals surface area contributed by atoms with Crippen LogP contribution in [0.15, 0.2) is 27.8 Å². The van der Waals surface area contributed by atoms with Crippen molar-refractivity contribution in [1.29, 1.82) is 0 Å². The Kier molecular flexibility index (Phi) is 4.05. The monoisotopic (exact) mass is 286 g/mol. The molecule has 0 amide bonds. The van der Waals surface area contributed by atoms with Gasteiger partial charge in [0.2, 0.25) is 0 Å². The van der Waals surface area contributed by atoms with E-state index < -0.39 is 0 Å². The summed E-state index contributed by atoms with van der Waals surface area (Å²) in [7, 11) is 2.05. The minimum absolute atomic E-state index is 0.706. The lowest BCUT2D eigenvalue weighted by Gasteiger charge is -2.09. The molecule has 2 nitrogen and oxygen atoms in total. The SMILES string of the molecule is CNC1CCC(Sc2ccc(Br)cn2)C1. The molecule has 0 saturated heterocycles. The van der Waals surface area contributed by atoms with Gasteiger partial charge >= 0.3 is 0 Å². The average Bonchev–Trinajstić information content (AvgIpc) is 2.69. The largest absolute Gasteiger partial charge is 0.317 e. The zero-order chi connectivity index (χ0) is 10.7. The lowest BCUT2D eigenvalue weighted by molar-refractivity contribution is 0.583. The molecule has 0 radical (unpaired) electrons. The molecule has 1 aliphatic rings. The standard InChI is InChI=1S/C11H15BrN2S/c1-13-9-3-4-10(6-9)15-11-5-2-8(12)7-14-11/h2,5,7,9-10,13H,3-4,6H2,1H3. The maximum atomic E-state index is 4.39. The van der Waals surface area contributed by atoms with Crippen molar-refractivity contribution in [2.24, 2.45) is 0 Å². The van der Waals surface area contributed by atoms with Gasteiger partial charge < -0.3 is 5.32 Å². The van der Waals surface area contributed by atoms with Crippen LogP contribution in [-0.4, -0.2) is 23.3 Å². The molecule has 1 aromatic rings. The molecule has 1 aliphatic carbocycles. The molecule has 82 valence electrons. The van der Waals surface area contributed by atoms with E-state index in [1.165, 1.54) is 19.3 Å². The minimum atomic E-state index is 0.706. The number of pyridine rings is 1. The van der Waals surface area contributed by atoms with Gasteiger partial charge in [0.1, 0.15) is 0 Å². The third kappa shape index (κ3) is 3.20. The summed E-state index contributed by atoms with van der Waals surface area (Å²) in [5, 5.41) is 5.22. The summed E-state index contributed by atoms with van der Waals surface area (Å²) in [6, 6.07) is 4.85. The van der Waals surface area contributed by atoms with E-state index in [0.29, 0.717) is 6.04 Å². The van der Waals surface area contributed by atoms with Crippen molar-refractivity contribution in [3.63, 3.8) is 0 Å². The Morgan fingerprint density at radius 3 is 2.93 bits per heavy atom. The van der Waals surface area contributed by atoms with Crippen molar-refractivity contribution in [3.8, 4) is 0 Å². The van der Waals surface area contributed by atoms with Crippen molar-refractivity contribution >= 4 is 27.7 Å². The second-order valence-corrected chi connectivity index (χ2v) is 6.09. The van der Waals surface area contributed by atoms with Gasteiger partial charge in [-0.05, 0) is 54.4 Å². The lowest BCUT2D eigenvalue weighted by Crippen LogP contribution is -2.21. The molecular formula is C11H15BrN2S. The van der Waals surface area contributed by atoms with Gasteiger partial charge in [-0.2, -0.15) is 0 Å². The van der Waals surface area contributed by atoms with Gasteiger partial charge in [-0.1, -0.05) is 0 Å². The molecule has 2 unspecified atom stereocenters. The Hall–Kier alpha value is -0.0600. The zero-order valence-electron chi connectivity index (χ0n) is 8.74. The first-order valence-corrected chi connectivity index (χ1v) is 6.90. The topological polar surface area (TPSA) is 24.9 Å². The molecular weight excluding hydrogens is 272 g/mol. The molecule has 0 bridgehead atoms. The Balaban J connectivity index is 1.90. The molecule has 2 rings (SSSR count). The molecule has 1 fully saturated rings. The highest BCUT2D eigenvalue weighted by Gasteiger charge is 2.24. The molecule has 0 spiro atoms. The Labute approximate surface area is 103 Å². The van der Waals surface area contributed by atoms with Crippen LogP contribution >= 0.6 is 27.7 Å². The van der Waals surface area contributed by atoms with E-state index in [1.54, 1.807) is 0 Å². The van der Waals surface area contributed by atoms with Crippen LogP contribution in [0, 0.1) is 0 Å². The number of rotatable bonds is 3. The van der Waals surface area contributed by atoms with Gasteiger partial charge in [0.05, 0.1) is 5.03 Å². The van der Waals surface area contributed by atoms with Gasteiger partial charge in [0.15, 0.2) is 0 Å². The normalized spacial score (nSPS) is 25.7. The van der Waals surface area contributed by atoms with Crippen molar-refractivity contribution in [2.45, 2.75) is 35.6 Å². The fraction of sp³-hybridized carbons (Fsp3) is 0.545. The van der Waals surface area contributed by atoms with Crippen molar-refractivity contribution in [1.82, 2.24) is 10.3 Å². The first-order valence-electron chi connectivity index (χ1n) is 5.23. The van der Waals surface area contributed by atoms with E-state index in [9.17, 15) is 0 Å². The minimum Gasteiger partial charge on any atom is -0.317 e. The number of thioether (sulfide) groups is 1. The molecule has 1 heterocycles. The molecule has 15 heavy (non-hydrogen) atoms. The van der Waals surface area contributed by atoms with E-state index in [4.69, 9.17) is 0 Å². The van der Waals surface area contributed by atoms with E-state index in [1.807, 2.05) is 18.0 Å². The van der Waals surface area contributed by atoms with Crippen LogP contribution in [0.1, 0.15) is 19.3 Å². The van der Waals surface area contributed by atoms with E-state index in [2.05, 4.69) is 45.4 Å². The Morgan fingerprint density at radius 1 is 1.47 bits per heavy atom. The third-order valence-corrected chi connectivity index (χ3v) is 4.49. The maximum absolute atomic E-state index is 4.39. The third-order valence-electron chi connectivity index (χ3n) is 2.78. The summed E-state index contributed by atoms with van der Waals surface area (Å²) in [4.78, 5) is 4.39. The second kappa shape index (κ2) is 5.32. The van der Waals surface area contributed by atoms with Crippen molar-refractivity contribution in [3.05, 3.63) is 22.8 Å². The molecule has 1 aromatic heterocycles. The number of hydrogen-bond donors (Lipinski definition) is 1. The van der Waals surface area contributed by atoms with Crippen LogP contribution in [0.2, 0.25) is 0 Å². The second-order valence-electron chi connectivity index (χ2n) is 3.85. The highest BCUT2D eigenvalue weighted by Crippen LogP contribution is 2.34. The van der Waals surface area contributed by atoms with Crippen molar-refractivity contribution < 1.29 is 0 Å². The summed E-state index contributed by atoms with van der Waals surface area (Å²) in [5.41, 5.74) is 0. The summed E-state index contributed by atoms with van der Waals surface area (Å²) in [6.07, 6.45) is 5.73. The van der Waals surface area contributed by atoms with Crippen LogP contribution in [0.25, 0.3) is 0 Å². The van der Waals surface area contributed by atoms with Crippen LogP contribution in [0.5, 0.6) is 0 Å². The van der Waals surface area contributed by atoms with Gasteiger partial charge in [-0.3, -0.25) is 0 Å².